The monoisotopic (exact) mass is 245 g/mol. The lowest BCUT2D eigenvalue weighted by atomic mass is 10.1. The van der Waals surface area contributed by atoms with Crippen LogP contribution in [-0.4, -0.2) is 10.1 Å². The maximum Gasteiger partial charge on any atom is 0.268 e. The molecule has 4 nitrogen and oxygen atoms in total. The van der Waals surface area contributed by atoms with Gasteiger partial charge in [0.2, 0.25) is 0 Å². The average molecular weight is 245 g/mol. The molecule has 5 heteroatoms. The molecule has 1 fully saturated rings. The molecule has 0 radical (unpaired) electrons. The molecule has 1 aliphatic rings. The van der Waals surface area contributed by atoms with Gasteiger partial charge in [-0.3, -0.25) is 0 Å². The summed E-state index contributed by atoms with van der Waals surface area (Å²) in [4.78, 5) is 5.93. The molecule has 2 heterocycles. The van der Waals surface area contributed by atoms with Crippen molar-refractivity contribution in [3.63, 3.8) is 0 Å². The second kappa shape index (κ2) is 3.41. The number of hydrogen-bond donors (Lipinski definition) is 0. The number of nitriles is 1. The zero-order valence-corrected chi connectivity index (χ0v) is 10.4. The van der Waals surface area contributed by atoms with Crippen LogP contribution in [0.25, 0.3) is 10.8 Å². The van der Waals surface area contributed by atoms with E-state index in [9.17, 15) is 0 Å². The van der Waals surface area contributed by atoms with Crippen molar-refractivity contribution in [1.82, 2.24) is 10.1 Å². The SMILES string of the molecule is CC1(C)CC1c1noc(-c2ccc(C#N)s2)n1. The maximum absolute atomic E-state index is 8.76. The molecule has 1 saturated carbocycles. The van der Waals surface area contributed by atoms with Crippen molar-refractivity contribution in [3.05, 3.63) is 22.8 Å². The van der Waals surface area contributed by atoms with E-state index in [1.54, 1.807) is 6.07 Å². The highest BCUT2D eigenvalue weighted by atomic mass is 32.1. The minimum absolute atomic E-state index is 0.300. The second-order valence-corrected chi connectivity index (χ2v) is 6.06. The quantitative estimate of drug-likeness (QED) is 0.815. The molecule has 2 aromatic heterocycles. The Kier molecular flexibility index (Phi) is 2.10. The number of nitrogens with zero attached hydrogens (tertiary/aromatic N) is 3. The third-order valence-corrected chi connectivity index (χ3v) is 4.17. The van der Waals surface area contributed by atoms with Crippen LogP contribution in [0.4, 0.5) is 0 Å². The van der Waals surface area contributed by atoms with E-state index in [-0.39, 0.29) is 0 Å². The van der Waals surface area contributed by atoms with E-state index in [0.717, 1.165) is 17.1 Å². The highest BCUT2D eigenvalue weighted by Gasteiger charge is 2.49. The Morgan fingerprint density at radius 1 is 1.53 bits per heavy atom. The molecular weight excluding hydrogens is 234 g/mol. The Morgan fingerprint density at radius 3 is 2.88 bits per heavy atom. The topological polar surface area (TPSA) is 62.7 Å². The van der Waals surface area contributed by atoms with Crippen LogP contribution in [0.15, 0.2) is 16.7 Å². The highest BCUT2D eigenvalue weighted by Crippen LogP contribution is 2.57. The second-order valence-electron chi connectivity index (χ2n) is 4.98. The summed E-state index contributed by atoms with van der Waals surface area (Å²) < 4.78 is 5.24. The van der Waals surface area contributed by atoms with Gasteiger partial charge in [0.05, 0.1) is 4.88 Å². The van der Waals surface area contributed by atoms with Crippen molar-refractivity contribution in [1.29, 1.82) is 5.26 Å². The molecule has 0 aliphatic heterocycles. The first-order valence-electron chi connectivity index (χ1n) is 5.44. The Balaban J connectivity index is 1.88. The van der Waals surface area contributed by atoms with Gasteiger partial charge in [0, 0.05) is 5.92 Å². The molecule has 17 heavy (non-hydrogen) atoms. The van der Waals surface area contributed by atoms with Gasteiger partial charge in [-0.15, -0.1) is 11.3 Å². The van der Waals surface area contributed by atoms with E-state index in [2.05, 4.69) is 30.1 Å². The van der Waals surface area contributed by atoms with Gasteiger partial charge in [0.25, 0.3) is 5.89 Å². The number of rotatable bonds is 2. The minimum Gasteiger partial charge on any atom is -0.333 e. The van der Waals surface area contributed by atoms with Crippen LogP contribution in [0.3, 0.4) is 0 Å². The van der Waals surface area contributed by atoms with Gasteiger partial charge in [-0.05, 0) is 24.0 Å². The molecule has 0 saturated heterocycles. The molecular formula is C12H11N3OS. The first kappa shape index (κ1) is 10.5. The molecule has 2 aromatic rings. The Labute approximate surface area is 103 Å². The smallest absolute Gasteiger partial charge is 0.268 e. The molecule has 3 rings (SSSR count). The normalized spacial score (nSPS) is 21.1. The largest absolute Gasteiger partial charge is 0.333 e. The van der Waals surface area contributed by atoms with E-state index in [1.807, 2.05) is 6.07 Å². The molecule has 0 N–H and O–H groups in total. The van der Waals surface area contributed by atoms with Crippen LogP contribution < -0.4 is 0 Å². The predicted molar refractivity (Wildman–Crippen MR) is 63.5 cm³/mol. The summed E-state index contributed by atoms with van der Waals surface area (Å²) in [6.07, 6.45) is 1.11. The van der Waals surface area contributed by atoms with Gasteiger partial charge in [-0.25, -0.2) is 0 Å². The van der Waals surface area contributed by atoms with E-state index in [1.165, 1.54) is 11.3 Å². The zero-order valence-electron chi connectivity index (χ0n) is 9.60. The van der Waals surface area contributed by atoms with Crippen molar-refractivity contribution in [2.45, 2.75) is 26.2 Å². The van der Waals surface area contributed by atoms with Gasteiger partial charge in [0.1, 0.15) is 10.9 Å². The minimum atomic E-state index is 0.300. The number of hydrogen-bond acceptors (Lipinski definition) is 5. The summed E-state index contributed by atoms with van der Waals surface area (Å²) in [5.74, 6) is 1.72. The summed E-state index contributed by atoms with van der Waals surface area (Å²) >= 11 is 1.37. The summed E-state index contributed by atoms with van der Waals surface area (Å²) in [6.45, 7) is 4.40. The Bertz CT molecular complexity index is 605. The van der Waals surface area contributed by atoms with Gasteiger partial charge < -0.3 is 4.52 Å². The van der Waals surface area contributed by atoms with Crippen molar-refractivity contribution in [3.8, 4) is 16.8 Å². The third kappa shape index (κ3) is 1.75. The van der Waals surface area contributed by atoms with Gasteiger partial charge in [0.15, 0.2) is 5.82 Å². The molecule has 0 amide bonds. The first-order valence-corrected chi connectivity index (χ1v) is 6.26. The molecule has 0 spiro atoms. The van der Waals surface area contributed by atoms with Crippen molar-refractivity contribution in [2.75, 3.05) is 0 Å². The van der Waals surface area contributed by atoms with Crippen LogP contribution in [0.2, 0.25) is 0 Å². The van der Waals surface area contributed by atoms with Crippen LogP contribution in [0.5, 0.6) is 0 Å². The molecule has 1 atom stereocenters. The van der Waals surface area contributed by atoms with Crippen LogP contribution in [0, 0.1) is 16.7 Å². The van der Waals surface area contributed by atoms with Crippen molar-refractivity contribution in [2.24, 2.45) is 5.41 Å². The van der Waals surface area contributed by atoms with E-state index < -0.39 is 0 Å². The van der Waals surface area contributed by atoms with Crippen molar-refractivity contribution < 1.29 is 4.52 Å². The molecule has 1 unspecified atom stereocenters. The Hall–Kier alpha value is -1.67. The van der Waals surface area contributed by atoms with Crippen LogP contribution in [-0.2, 0) is 0 Å². The summed E-state index contributed by atoms with van der Waals surface area (Å²) in [6, 6.07) is 5.72. The fourth-order valence-electron chi connectivity index (χ4n) is 1.90. The van der Waals surface area contributed by atoms with Crippen molar-refractivity contribution >= 4 is 11.3 Å². The summed E-state index contributed by atoms with van der Waals surface area (Å²) in [5, 5.41) is 12.8. The highest BCUT2D eigenvalue weighted by molar-refractivity contribution is 7.15. The fourth-order valence-corrected chi connectivity index (χ4v) is 2.62. The molecule has 0 aromatic carbocycles. The summed E-state index contributed by atoms with van der Waals surface area (Å²) in [5.41, 5.74) is 0.300. The maximum atomic E-state index is 8.76. The molecule has 86 valence electrons. The van der Waals surface area contributed by atoms with E-state index in [4.69, 9.17) is 9.78 Å². The zero-order chi connectivity index (χ0) is 12.0. The van der Waals surface area contributed by atoms with Gasteiger partial charge in [-0.1, -0.05) is 19.0 Å². The standard InChI is InChI=1S/C12H11N3OS/c1-12(2)5-8(12)10-14-11(16-15-10)9-4-3-7(6-13)17-9/h3-4,8H,5H2,1-2H3. The van der Waals surface area contributed by atoms with Gasteiger partial charge >= 0.3 is 0 Å². The van der Waals surface area contributed by atoms with Crippen LogP contribution in [0.1, 0.15) is 36.9 Å². The predicted octanol–water partition coefficient (Wildman–Crippen LogP) is 3.18. The third-order valence-electron chi connectivity index (χ3n) is 3.19. The van der Waals surface area contributed by atoms with E-state index in [0.29, 0.717) is 22.1 Å². The Morgan fingerprint density at radius 2 is 2.29 bits per heavy atom. The molecule has 1 aliphatic carbocycles. The lowest BCUT2D eigenvalue weighted by Gasteiger charge is -1.95. The van der Waals surface area contributed by atoms with Crippen LogP contribution >= 0.6 is 11.3 Å². The van der Waals surface area contributed by atoms with E-state index >= 15 is 0 Å². The average Bonchev–Trinajstić information content (AvgIpc) is 2.81. The summed E-state index contributed by atoms with van der Waals surface area (Å²) in [7, 11) is 0. The first-order chi connectivity index (χ1) is 8.10. The number of thiophene rings is 1. The van der Waals surface area contributed by atoms with Gasteiger partial charge in [-0.2, -0.15) is 10.2 Å². The lowest BCUT2D eigenvalue weighted by Crippen LogP contribution is -1.91. The molecule has 0 bridgehead atoms. The number of aromatic nitrogens is 2. The lowest BCUT2D eigenvalue weighted by molar-refractivity contribution is 0.420. The fraction of sp³-hybridized carbons (Fsp3) is 0.417.